The van der Waals surface area contributed by atoms with Crippen LogP contribution in [0.1, 0.15) is 11.3 Å². The minimum Gasteiger partial charge on any atom is -0.533 e. The molecule has 2 aliphatic heterocycles. The van der Waals surface area contributed by atoms with Gasteiger partial charge in [-0.1, -0.05) is 24.3 Å². The number of nitrogens with zero attached hydrogens (tertiary/aromatic N) is 2. The van der Waals surface area contributed by atoms with Gasteiger partial charge in [0.05, 0.1) is 5.39 Å². The smallest absolute Gasteiger partial charge is 0.324 e. The Balaban J connectivity index is 2.09. The van der Waals surface area contributed by atoms with Gasteiger partial charge in [-0.2, -0.15) is 4.40 Å². The number of hydrogen-bond acceptors (Lipinski definition) is 1. The van der Waals surface area contributed by atoms with Gasteiger partial charge in [0.2, 0.25) is 0 Å². The minimum absolute atomic E-state index is 0.984. The van der Waals surface area contributed by atoms with Crippen molar-refractivity contribution < 1.29 is 8.83 Å². The van der Waals surface area contributed by atoms with E-state index < -0.39 is 8.32 Å². The standard InChI is InChI=1S/C19H17N2OSi/c1-11-19-21-17-14(8-5-9-15(17)22-23(19,2)3)13-7-4-6-12-10-20(11)18(21)16(12)13/h4-9H,10H2,1-3H3/q+1. The first-order valence-electron chi connectivity index (χ1n) is 8.18. The molecule has 0 aliphatic carbocycles. The summed E-state index contributed by atoms with van der Waals surface area (Å²) >= 11 is 0. The third kappa shape index (κ3) is 1.16. The Labute approximate surface area is 134 Å². The molecular formula is C19H17N2OSi+. The second kappa shape index (κ2) is 3.43. The van der Waals surface area contributed by atoms with Crippen molar-refractivity contribution in [3.63, 3.8) is 0 Å². The number of pyridine rings is 1. The average molecular weight is 317 g/mol. The van der Waals surface area contributed by atoms with Crippen molar-refractivity contribution in [1.82, 2.24) is 4.57 Å². The predicted molar refractivity (Wildman–Crippen MR) is 94.2 cm³/mol. The fraction of sp³-hybridized carbons (Fsp3) is 0.211. The molecule has 4 heterocycles. The molecule has 0 fully saturated rings. The molecule has 2 aromatic carbocycles. The molecule has 0 saturated carbocycles. The lowest BCUT2D eigenvalue weighted by Crippen LogP contribution is -2.62. The average Bonchev–Trinajstić information content (AvgIpc) is 3.03. The van der Waals surface area contributed by atoms with Crippen LogP contribution in [0.4, 0.5) is 0 Å². The first-order chi connectivity index (χ1) is 11.1. The lowest BCUT2D eigenvalue weighted by molar-refractivity contribution is -0.462. The topological polar surface area (TPSA) is 18.3 Å². The summed E-state index contributed by atoms with van der Waals surface area (Å²) in [4.78, 5) is 0. The van der Waals surface area contributed by atoms with E-state index in [2.05, 4.69) is 65.4 Å². The van der Waals surface area contributed by atoms with Crippen LogP contribution < -0.4 is 14.1 Å². The lowest BCUT2D eigenvalue weighted by atomic mass is 10.0. The Morgan fingerprint density at radius 2 is 1.87 bits per heavy atom. The molecule has 0 spiro atoms. The van der Waals surface area contributed by atoms with Crippen LogP contribution in [0.2, 0.25) is 13.1 Å². The number of para-hydroxylation sites is 1. The van der Waals surface area contributed by atoms with E-state index in [1.807, 2.05) is 0 Å². The summed E-state index contributed by atoms with van der Waals surface area (Å²) in [6, 6.07) is 13.2. The van der Waals surface area contributed by atoms with Gasteiger partial charge in [-0.15, -0.1) is 0 Å². The van der Waals surface area contributed by atoms with Gasteiger partial charge >= 0.3 is 8.32 Å². The maximum Gasteiger partial charge on any atom is 0.324 e. The van der Waals surface area contributed by atoms with Crippen molar-refractivity contribution in [2.45, 2.75) is 26.6 Å². The normalized spacial score (nSPS) is 17.0. The summed E-state index contributed by atoms with van der Waals surface area (Å²) in [5.74, 6) is 1.05. The molecule has 6 rings (SSSR count). The van der Waals surface area contributed by atoms with Crippen molar-refractivity contribution >= 4 is 41.0 Å². The second-order valence-electron chi connectivity index (χ2n) is 7.28. The summed E-state index contributed by atoms with van der Waals surface area (Å²) in [7, 11) is -1.96. The summed E-state index contributed by atoms with van der Waals surface area (Å²) < 4.78 is 11.6. The highest BCUT2D eigenvalue weighted by Gasteiger charge is 2.46. The van der Waals surface area contributed by atoms with Crippen molar-refractivity contribution in [3.05, 3.63) is 47.7 Å². The summed E-state index contributed by atoms with van der Waals surface area (Å²) in [5.41, 5.74) is 5.43. The van der Waals surface area contributed by atoms with Gasteiger partial charge in [0.1, 0.15) is 12.2 Å². The summed E-state index contributed by atoms with van der Waals surface area (Å²) in [6.07, 6.45) is 0. The Hall–Kier alpha value is -2.33. The molecule has 4 heteroatoms. The zero-order valence-corrected chi connectivity index (χ0v) is 14.5. The van der Waals surface area contributed by atoms with Crippen LogP contribution in [0, 0.1) is 6.92 Å². The minimum atomic E-state index is -1.96. The molecule has 0 atom stereocenters. The van der Waals surface area contributed by atoms with E-state index >= 15 is 0 Å². The van der Waals surface area contributed by atoms with Crippen LogP contribution >= 0.6 is 0 Å². The number of rotatable bonds is 0. The highest BCUT2D eigenvalue weighted by atomic mass is 28.4. The number of benzene rings is 2. The first kappa shape index (κ1) is 12.1. The molecule has 0 N–H and O–H groups in total. The summed E-state index contributed by atoms with van der Waals surface area (Å²) in [6.45, 7) is 7.87. The largest absolute Gasteiger partial charge is 0.533 e. The van der Waals surface area contributed by atoms with Gasteiger partial charge in [-0.3, -0.25) is 0 Å². The van der Waals surface area contributed by atoms with E-state index in [4.69, 9.17) is 4.43 Å². The number of hydrogen-bond donors (Lipinski definition) is 0. The van der Waals surface area contributed by atoms with E-state index in [-0.39, 0.29) is 0 Å². The SMILES string of the molecule is Cc1c2[n+]3c4c(cccc4c4cccc5c4c3n1C5)O[Si]2(C)C. The molecule has 0 unspecified atom stereocenters. The van der Waals surface area contributed by atoms with Crippen molar-refractivity contribution in [2.75, 3.05) is 0 Å². The van der Waals surface area contributed by atoms with Crippen LogP contribution in [0.5, 0.6) is 5.75 Å². The predicted octanol–water partition coefficient (Wildman–Crippen LogP) is 3.01. The molecule has 2 aliphatic rings. The van der Waals surface area contributed by atoms with Gasteiger partial charge < -0.3 is 4.43 Å². The molecule has 0 radical (unpaired) electrons. The van der Waals surface area contributed by atoms with E-state index in [1.54, 1.807) is 0 Å². The van der Waals surface area contributed by atoms with Crippen LogP contribution in [0.3, 0.4) is 0 Å². The van der Waals surface area contributed by atoms with Gasteiger partial charge in [0.15, 0.2) is 16.6 Å². The Morgan fingerprint density at radius 3 is 2.74 bits per heavy atom. The Morgan fingerprint density at radius 1 is 1.09 bits per heavy atom. The van der Waals surface area contributed by atoms with Crippen LogP contribution in [0.15, 0.2) is 36.4 Å². The molecule has 2 aromatic heterocycles. The monoisotopic (exact) mass is 317 g/mol. The van der Waals surface area contributed by atoms with E-state index in [0.717, 1.165) is 12.3 Å². The number of aromatic nitrogens is 2. The second-order valence-corrected chi connectivity index (χ2v) is 11.0. The van der Waals surface area contributed by atoms with E-state index in [1.165, 1.54) is 43.9 Å². The molecule has 0 saturated heterocycles. The molecule has 3 nitrogen and oxygen atoms in total. The maximum atomic E-state index is 6.55. The fourth-order valence-electron chi connectivity index (χ4n) is 4.80. The van der Waals surface area contributed by atoms with Crippen LogP contribution in [0.25, 0.3) is 27.3 Å². The third-order valence-corrected chi connectivity index (χ3v) is 8.05. The fourth-order valence-corrected chi connectivity index (χ4v) is 7.38. The molecule has 0 amide bonds. The number of fused-ring (bicyclic) bond motifs is 1. The first-order valence-corrected chi connectivity index (χ1v) is 11.1. The Kier molecular flexibility index (Phi) is 1.81. The maximum absolute atomic E-state index is 6.55. The summed E-state index contributed by atoms with van der Waals surface area (Å²) in [5, 5.41) is 5.51. The van der Waals surface area contributed by atoms with Crippen LogP contribution in [-0.4, -0.2) is 12.9 Å². The highest BCUT2D eigenvalue weighted by molar-refractivity contribution is 6.84. The van der Waals surface area contributed by atoms with Crippen molar-refractivity contribution in [1.29, 1.82) is 0 Å². The van der Waals surface area contributed by atoms with Crippen LogP contribution in [-0.2, 0) is 6.54 Å². The molecular weight excluding hydrogens is 300 g/mol. The molecule has 23 heavy (non-hydrogen) atoms. The number of imidazole rings is 1. The Bertz CT molecular complexity index is 1200. The zero-order valence-electron chi connectivity index (χ0n) is 13.5. The van der Waals surface area contributed by atoms with Gasteiger partial charge in [0.25, 0.3) is 5.65 Å². The quantitative estimate of drug-likeness (QED) is 0.244. The lowest BCUT2D eigenvalue weighted by Gasteiger charge is -2.27. The molecule has 4 aromatic rings. The van der Waals surface area contributed by atoms with Gasteiger partial charge in [-0.25, -0.2) is 4.57 Å². The van der Waals surface area contributed by atoms with E-state index in [9.17, 15) is 0 Å². The van der Waals surface area contributed by atoms with E-state index in [0.29, 0.717) is 0 Å². The highest BCUT2D eigenvalue weighted by Crippen LogP contribution is 2.39. The van der Waals surface area contributed by atoms with Gasteiger partial charge in [-0.05, 0) is 25.2 Å². The third-order valence-electron chi connectivity index (χ3n) is 5.59. The van der Waals surface area contributed by atoms with Crippen molar-refractivity contribution in [3.8, 4) is 5.75 Å². The zero-order chi connectivity index (χ0) is 15.5. The molecule has 112 valence electrons. The van der Waals surface area contributed by atoms with Gasteiger partial charge in [0, 0.05) is 23.3 Å². The van der Waals surface area contributed by atoms with Crippen molar-refractivity contribution in [2.24, 2.45) is 0 Å². The molecule has 0 bridgehead atoms.